The fraction of sp³-hybridized carbons (Fsp3) is 0.400. The van der Waals surface area contributed by atoms with Crippen LogP contribution in [0.4, 0.5) is 0 Å². The Balaban J connectivity index is 2.25. The molecule has 0 bridgehead atoms. The van der Waals surface area contributed by atoms with Gasteiger partial charge in [0.2, 0.25) is 0 Å². The van der Waals surface area contributed by atoms with E-state index in [1.54, 1.807) is 0 Å². The minimum atomic E-state index is -0.0221. The lowest BCUT2D eigenvalue weighted by Gasteiger charge is -2.13. The fourth-order valence-electron chi connectivity index (χ4n) is 2.25. The summed E-state index contributed by atoms with van der Waals surface area (Å²) >= 11 is 7.12. The first-order valence-electron chi connectivity index (χ1n) is 6.81. The first kappa shape index (κ1) is 15.7. The van der Waals surface area contributed by atoms with Crippen LogP contribution >= 0.6 is 31.9 Å². The van der Waals surface area contributed by atoms with Crippen LogP contribution in [-0.4, -0.2) is 9.78 Å². The van der Waals surface area contributed by atoms with E-state index in [0.717, 1.165) is 39.6 Å². The third kappa shape index (κ3) is 3.32. The zero-order valence-corrected chi connectivity index (χ0v) is 14.9. The maximum Gasteiger partial charge on any atom is 0.0766 e. The molecule has 1 aromatic heterocycles. The van der Waals surface area contributed by atoms with Crippen molar-refractivity contribution in [3.8, 4) is 0 Å². The number of halogens is 2. The van der Waals surface area contributed by atoms with Crippen LogP contribution in [0.25, 0.3) is 0 Å². The van der Waals surface area contributed by atoms with E-state index in [9.17, 15) is 0 Å². The molecule has 0 amide bonds. The minimum absolute atomic E-state index is 0.0221. The molecule has 3 nitrogen and oxygen atoms in total. The highest BCUT2D eigenvalue weighted by molar-refractivity contribution is 9.10. The van der Waals surface area contributed by atoms with Crippen LogP contribution in [0.15, 0.2) is 33.2 Å². The lowest BCUT2D eigenvalue weighted by Crippen LogP contribution is -2.16. The van der Waals surface area contributed by atoms with Gasteiger partial charge >= 0.3 is 0 Å². The van der Waals surface area contributed by atoms with Crippen molar-refractivity contribution in [2.45, 2.75) is 39.3 Å². The molecule has 0 saturated heterocycles. The van der Waals surface area contributed by atoms with E-state index < -0.39 is 0 Å². The normalized spacial score (nSPS) is 12.7. The van der Waals surface area contributed by atoms with Gasteiger partial charge in [-0.3, -0.25) is 4.68 Å². The molecular weight excluding hydrogens is 382 g/mol. The molecule has 1 atom stereocenters. The molecule has 1 heterocycles. The van der Waals surface area contributed by atoms with Gasteiger partial charge in [0.05, 0.1) is 15.9 Å². The van der Waals surface area contributed by atoms with Crippen LogP contribution in [0.2, 0.25) is 0 Å². The van der Waals surface area contributed by atoms with Gasteiger partial charge in [0, 0.05) is 23.5 Å². The second kappa shape index (κ2) is 6.87. The van der Waals surface area contributed by atoms with E-state index in [4.69, 9.17) is 5.73 Å². The standard InChI is InChI=1S/C15H19Br2N3/c1-3-13-15(17)14(20(4-2)19-13)9-12(18)10-5-7-11(16)8-6-10/h5-8,12H,3-4,9,18H2,1-2H3. The smallest absolute Gasteiger partial charge is 0.0766 e. The summed E-state index contributed by atoms with van der Waals surface area (Å²) in [6.45, 7) is 5.08. The zero-order valence-electron chi connectivity index (χ0n) is 11.7. The van der Waals surface area contributed by atoms with E-state index in [0.29, 0.717) is 0 Å². The predicted octanol–water partition coefficient (Wildman–Crippen LogP) is 4.23. The first-order chi connectivity index (χ1) is 9.56. The fourth-order valence-corrected chi connectivity index (χ4v) is 3.24. The Labute approximate surface area is 136 Å². The number of benzene rings is 1. The molecule has 0 aliphatic heterocycles. The van der Waals surface area contributed by atoms with Crippen LogP contribution in [0.5, 0.6) is 0 Å². The monoisotopic (exact) mass is 399 g/mol. The second-order valence-electron chi connectivity index (χ2n) is 4.74. The average molecular weight is 401 g/mol. The molecule has 0 aliphatic carbocycles. The summed E-state index contributed by atoms with van der Waals surface area (Å²) in [6.07, 6.45) is 1.71. The molecule has 0 radical (unpaired) electrons. The third-order valence-corrected chi connectivity index (χ3v) is 4.85. The van der Waals surface area contributed by atoms with Gasteiger partial charge in [-0.2, -0.15) is 5.10 Å². The largest absolute Gasteiger partial charge is 0.324 e. The van der Waals surface area contributed by atoms with Crippen molar-refractivity contribution in [2.75, 3.05) is 0 Å². The Morgan fingerprint density at radius 1 is 1.20 bits per heavy atom. The van der Waals surface area contributed by atoms with Crippen molar-refractivity contribution in [3.63, 3.8) is 0 Å². The number of nitrogens with zero attached hydrogens (tertiary/aromatic N) is 2. The Morgan fingerprint density at radius 2 is 1.85 bits per heavy atom. The van der Waals surface area contributed by atoms with Crippen molar-refractivity contribution in [2.24, 2.45) is 5.73 Å². The third-order valence-electron chi connectivity index (χ3n) is 3.41. The summed E-state index contributed by atoms with van der Waals surface area (Å²) in [5.74, 6) is 0. The van der Waals surface area contributed by atoms with Gasteiger partial charge in [0.15, 0.2) is 0 Å². The molecule has 0 fully saturated rings. The Kier molecular flexibility index (Phi) is 5.41. The van der Waals surface area contributed by atoms with Crippen LogP contribution in [-0.2, 0) is 19.4 Å². The molecule has 0 spiro atoms. The summed E-state index contributed by atoms with van der Waals surface area (Å²) in [7, 11) is 0. The SMILES string of the molecule is CCc1nn(CC)c(CC(N)c2ccc(Br)cc2)c1Br. The van der Waals surface area contributed by atoms with Crippen molar-refractivity contribution in [1.29, 1.82) is 0 Å². The molecular formula is C15H19Br2N3. The molecule has 1 unspecified atom stereocenters. The average Bonchev–Trinajstić information content (AvgIpc) is 2.76. The summed E-state index contributed by atoms with van der Waals surface area (Å²) in [5.41, 5.74) is 9.77. The maximum atomic E-state index is 6.34. The van der Waals surface area contributed by atoms with E-state index >= 15 is 0 Å². The van der Waals surface area contributed by atoms with Gasteiger partial charge in [0.1, 0.15) is 0 Å². The molecule has 0 aliphatic rings. The summed E-state index contributed by atoms with van der Waals surface area (Å²) in [5, 5.41) is 4.61. The number of hydrogen-bond donors (Lipinski definition) is 1. The molecule has 108 valence electrons. The zero-order chi connectivity index (χ0) is 14.7. The summed E-state index contributed by atoms with van der Waals surface area (Å²) in [6, 6.07) is 8.16. The summed E-state index contributed by atoms with van der Waals surface area (Å²) in [4.78, 5) is 0. The second-order valence-corrected chi connectivity index (χ2v) is 6.45. The van der Waals surface area contributed by atoms with Gasteiger partial charge in [-0.15, -0.1) is 0 Å². The Bertz CT molecular complexity index is 576. The predicted molar refractivity (Wildman–Crippen MR) is 89.8 cm³/mol. The molecule has 1 aromatic carbocycles. The van der Waals surface area contributed by atoms with Crippen LogP contribution in [0.1, 0.15) is 36.8 Å². The number of rotatable bonds is 5. The number of nitrogens with two attached hydrogens (primary N) is 1. The molecule has 5 heteroatoms. The highest BCUT2D eigenvalue weighted by atomic mass is 79.9. The Hall–Kier alpha value is -0.650. The van der Waals surface area contributed by atoms with E-state index in [1.807, 2.05) is 16.8 Å². The Morgan fingerprint density at radius 3 is 2.40 bits per heavy atom. The number of aromatic nitrogens is 2. The van der Waals surface area contributed by atoms with E-state index in [2.05, 4.69) is 62.9 Å². The minimum Gasteiger partial charge on any atom is -0.324 e. The van der Waals surface area contributed by atoms with Gasteiger partial charge in [0.25, 0.3) is 0 Å². The van der Waals surface area contributed by atoms with Gasteiger partial charge in [-0.05, 0) is 47.0 Å². The highest BCUT2D eigenvalue weighted by Crippen LogP contribution is 2.27. The van der Waals surface area contributed by atoms with E-state index in [1.165, 1.54) is 5.69 Å². The van der Waals surface area contributed by atoms with Crippen molar-refractivity contribution >= 4 is 31.9 Å². The molecule has 2 N–H and O–H groups in total. The van der Waals surface area contributed by atoms with Gasteiger partial charge in [-0.1, -0.05) is 35.0 Å². The molecule has 2 rings (SSSR count). The van der Waals surface area contributed by atoms with Gasteiger partial charge in [-0.25, -0.2) is 0 Å². The van der Waals surface area contributed by atoms with Crippen molar-refractivity contribution in [1.82, 2.24) is 9.78 Å². The first-order valence-corrected chi connectivity index (χ1v) is 8.40. The van der Waals surface area contributed by atoms with Crippen LogP contribution < -0.4 is 5.73 Å². The number of hydrogen-bond acceptors (Lipinski definition) is 2. The van der Waals surface area contributed by atoms with E-state index in [-0.39, 0.29) is 6.04 Å². The van der Waals surface area contributed by atoms with Crippen LogP contribution in [0.3, 0.4) is 0 Å². The topological polar surface area (TPSA) is 43.8 Å². The molecule has 0 saturated carbocycles. The number of aryl methyl sites for hydroxylation is 2. The highest BCUT2D eigenvalue weighted by Gasteiger charge is 2.17. The van der Waals surface area contributed by atoms with Crippen molar-refractivity contribution < 1.29 is 0 Å². The molecule has 20 heavy (non-hydrogen) atoms. The lowest BCUT2D eigenvalue weighted by molar-refractivity contribution is 0.584. The molecule has 2 aromatic rings. The van der Waals surface area contributed by atoms with Gasteiger partial charge < -0.3 is 5.73 Å². The quantitative estimate of drug-likeness (QED) is 0.815. The maximum absolute atomic E-state index is 6.34. The van der Waals surface area contributed by atoms with Crippen molar-refractivity contribution in [3.05, 3.63) is 50.2 Å². The van der Waals surface area contributed by atoms with Crippen LogP contribution in [0, 0.1) is 0 Å². The summed E-state index contributed by atoms with van der Waals surface area (Å²) < 4.78 is 4.22. The lowest BCUT2D eigenvalue weighted by atomic mass is 10.0.